The first kappa shape index (κ1) is 13.3. The monoisotopic (exact) mass is 212 g/mol. The fraction of sp³-hybridized carbons (Fsp3) is 0. The van der Waals surface area contributed by atoms with E-state index in [1.165, 1.54) is 0 Å². The number of halogens is 3. The average Bonchev–Trinajstić information content (AvgIpc) is 1.90. The van der Waals surface area contributed by atoms with Gasteiger partial charge in [-0.15, -0.1) is 24.8 Å². The minimum Gasteiger partial charge on any atom is -0.287 e. The van der Waals surface area contributed by atoms with Crippen molar-refractivity contribution in [3.8, 4) is 0 Å². The van der Waals surface area contributed by atoms with Crippen LogP contribution in [-0.4, -0.2) is 10.2 Å². The Morgan fingerprint density at radius 2 is 2.00 bits per heavy atom. The van der Waals surface area contributed by atoms with Gasteiger partial charge in [0.25, 0.3) is 0 Å². The van der Waals surface area contributed by atoms with Crippen LogP contribution in [0.1, 0.15) is 5.69 Å². The summed E-state index contributed by atoms with van der Waals surface area (Å²) >= 11 is 5.32. The smallest absolute Gasteiger partial charge is 0.146 e. The van der Waals surface area contributed by atoms with Crippen LogP contribution in [-0.2, 0) is 0 Å². The Kier molecular flexibility index (Phi) is 7.74. The highest BCUT2D eigenvalue weighted by molar-refractivity contribution is 6.68. The van der Waals surface area contributed by atoms with Gasteiger partial charge in [-0.25, -0.2) is 0 Å². The lowest BCUT2D eigenvalue weighted by atomic mass is 10.4. The van der Waals surface area contributed by atoms with E-state index in [2.05, 4.69) is 4.98 Å². The van der Waals surface area contributed by atoms with Crippen molar-refractivity contribution in [3.05, 3.63) is 30.1 Å². The first-order valence-corrected chi connectivity index (χ1v) is 2.84. The third-order valence-electron chi connectivity index (χ3n) is 0.890. The van der Waals surface area contributed by atoms with E-state index in [0.29, 0.717) is 5.69 Å². The Morgan fingerprint density at radius 3 is 2.27 bits per heavy atom. The van der Waals surface area contributed by atoms with Gasteiger partial charge in [0.1, 0.15) is 5.17 Å². The highest BCUT2D eigenvalue weighted by Gasteiger charge is 1.93. The second kappa shape index (κ2) is 6.40. The number of nitrogens with one attached hydrogen (secondary N) is 1. The summed E-state index contributed by atoms with van der Waals surface area (Å²) in [6, 6.07) is 5.26. The molecule has 11 heavy (non-hydrogen) atoms. The third-order valence-corrected chi connectivity index (χ3v) is 1.08. The van der Waals surface area contributed by atoms with Crippen molar-refractivity contribution in [2.75, 3.05) is 0 Å². The minimum absolute atomic E-state index is 0. The Bertz CT molecular complexity index is 212. The van der Waals surface area contributed by atoms with E-state index in [-0.39, 0.29) is 30.0 Å². The maximum absolute atomic E-state index is 6.94. The van der Waals surface area contributed by atoms with E-state index in [9.17, 15) is 0 Å². The van der Waals surface area contributed by atoms with E-state index in [4.69, 9.17) is 17.0 Å². The average molecular weight is 213 g/mol. The predicted octanol–water partition coefficient (Wildman–Crippen LogP) is 2.49. The molecule has 0 aromatic carbocycles. The van der Waals surface area contributed by atoms with Crippen molar-refractivity contribution in [2.24, 2.45) is 0 Å². The lowest BCUT2D eigenvalue weighted by Crippen LogP contribution is -1.90. The molecule has 1 aromatic heterocycles. The van der Waals surface area contributed by atoms with Crippen LogP contribution < -0.4 is 0 Å². The Morgan fingerprint density at radius 1 is 1.36 bits per heavy atom. The normalized spacial score (nSPS) is 7.36. The van der Waals surface area contributed by atoms with Crippen LogP contribution in [0.15, 0.2) is 24.4 Å². The van der Waals surface area contributed by atoms with Crippen molar-refractivity contribution in [1.29, 1.82) is 5.41 Å². The number of rotatable bonds is 1. The van der Waals surface area contributed by atoms with Gasteiger partial charge in [-0.05, 0) is 12.1 Å². The number of hydrogen-bond donors (Lipinski definition) is 1. The second-order valence-corrected chi connectivity index (χ2v) is 1.91. The molecule has 0 saturated heterocycles. The molecule has 0 unspecified atom stereocenters. The van der Waals surface area contributed by atoms with Crippen molar-refractivity contribution < 1.29 is 0 Å². The quantitative estimate of drug-likeness (QED) is 0.715. The van der Waals surface area contributed by atoms with Gasteiger partial charge in [-0.1, -0.05) is 17.7 Å². The molecule has 5 heteroatoms. The number of nitrogens with zero attached hydrogens (tertiary/aromatic N) is 1. The largest absolute Gasteiger partial charge is 0.287 e. The summed E-state index contributed by atoms with van der Waals surface area (Å²) in [5.74, 6) is 0. The van der Waals surface area contributed by atoms with Crippen LogP contribution in [0, 0.1) is 5.41 Å². The summed E-state index contributed by atoms with van der Waals surface area (Å²) in [6.07, 6.45) is 1.60. The maximum Gasteiger partial charge on any atom is 0.146 e. The number of pyridine rings is 1. The molecule has 0 aliphatic carbocycles. The van der Waals surface area contributed by atoms with Crippen LogP contribution in [0.25, 0.3) is 0 Å². The molecule has 0 fully saturated rings. The third kappa shape index (κ3) is 4.19. The van der Waals surface area contributed by atoms with Crippen LogP contribution in [0.3, 0.4) is 0 Å². The molecule has 62 valence electrons. The number of aromatic nitrogens is 1. The molecule has 0 aliphatic rings. The molecule has 0 atom stereocenters. The van der Waals surface area contributed by atoms with Crippen LogP contribution in [0.2, 0.25) is 0 Å². The Labute approximate surface area is 82.3 Å². The van der Waals surface area contributed by atoms with Gasteiger partial charge in [0.05, 0.1) is 5.69 Å². The zero-order valence-electron chi connectivity index (χ0n) is 5.45. The number of hydrogen-bond acceptors (Lipinski definition) is 2. The molecule has 0 aliphatic heterocycles. The molecule has 1 N–H and O–H groups in total. The van der Waals surface area contributed by atoms with E-state index in [1.807, 2.05) is 0 Å². The summed E-state index contributed by atoms with van der Waals surface area (Å²) < 4.78 is 0. The van der Waals surface area contributed by atoms with Gasteiger partial charge >= 0.3 is 0 Å². The molecule has 0 radical (unpaired) electrons. The SMILES string of the molecule is Cl.Cl.N=C(Cl)c1ccccn1. The van der Waals surface area contributed by atoms with Crippen molar-refractivity contribution in [1.82, 2.24) is 4.98 Å². The van der Waals surface area contributed by atoms with Crippen molar-refractivity contribution in [2.45, 2.75) is 0 Å². The molecule has 0 bridgehead atoms. The molecule has 0 saturated carbocycles. The zero-order chi connectivity index (χ0) is 6.69. The molecule has 0 spiro atoms. The summed E-state index contributed by atoms with van der Waals surface area (Å²) in [7, 11) is 0. The fourth-order valence-corrected chi connectivity index (χ4v) is 0.604. The van der Waals surface area contributed by atoms with Gasteiger partial charge in [0.15, 0.2) is 0 Å². The molecule has 1 rings (SSSR count). The highest BCUT2D eigenvalue weighted by atomic mass is 35.5. The standard InChI is InChI=1S/C6H5ClN2.2ClH/c7-6(8)5-3-1-2-4-9-5;;/h1-4,8H;2*1H. The van der Waals surface area contributed by atoms with Gasteiger partial charge in [0.2, 0.25) is 0 Å². The van der Waals surface area contributed by atoms with Gasteiger partial charge < -0.3 is 0 Å². The van der Waals surface area contributed by atoms with Gasteiger partial charge in [-0.2, -0.15) is 0 Å². The molecule has 2 nitrogen and oxygen atoms in total. The zero-order valence-corrected chi connectivity index (χ0v) is 7.84. The van der Waals surface area contributed by atoms with E-state index < -0.39 is 0 Å². The highest BCUT2D eigenvalue weighted by Crippen LogP contribution is 1.96. The fourth-order valence-electron chi connectivity index (χ4n) is 0.493. The first-order valence-electron chi connectivity index (χ1n) is 2.46. The summed E-state index contributed by atoms with van der Waals surface area (Å²) in [5.41, 5.74) is 0.513. The van der Waals surface area contributed by atoms with Crippen LogP contribution in [0.4, 0.5) is 0 Å². The molecule has 1 aromatic rings. The van der Waals surface area contributed by atoms with E-state index in [0.717, 1.165) is 0 Å². The van der Waals surface area contributed by atoms with Crippen LogP contribution in [0.5, 0.6) is 0 Å². The maximum atomic E-state index is 6.94. The first-order chi connectivity index (χ1) is 4.30. The predicted molar refractivity (Wildman–Crippen MR) is 51.4 cm³/mol. The van der Waals surface area contributed by atoms with Crippen molar-refractivity contribution in [3.63, 3.8) is 0 Å². The van der Waals surface area contributed by atoms with Crippen LogP contribution >= 0.6 is 36.4 Å². The molecular weight excluding hydrogens is 206 g/mol. The summed E-state index contributed by atoms with van der Waals surface area (Å²) in [5, 5.41) is 6.92. The minimum atomic E-state index is -0.0180. The van der Waals surface area contributed by atoms with Gasteiger partial charge in [-0.3, -0.25) is 10.4 Å². The summed E-state index contributed by atoms with van der Waals surface area (Å²) in [6.45, 7) is 0. The Balaban J connectivity index is 0. The van der Waals surface area contributed by atoms with E-state index >= 15 is 0 Å². The molecular formula is C6H7Cl3N2. The molecule has 0 amide bonds. The lowest BCUT2D eigenvalue weighted by molar-refractivity contribution is 1.29. The van der Waals surface area contributed by atoms with E-state index in [1.54, 1.807) is 24.4 Å². The summed E-state index contributed by atoms with van der Waals surface area (Å²) in [4.78, 5) is 3.82. The topological polar surface area (TPSA) is 36.7 Å². The molecule has 1 heterocycles. The second-order valence-electron chi connectivity index (χ2n) is 1.53. The lowest BCUT2D eigenvalue weighted by Gasteiger charge is -1.89. The van der Waals surface area contributed by atoms with Gasteiger partial charge in [0, 0.05) is 6.20 Å². The van der Waals surface area contributed by atoms with Crippen molar-refractivity contribution >= 4 is 41.6 Å². The Hall–Kier alpha value is -0.310.